The normalized spacial score (nSPS) is 14.8. The predicted molar refractivity (Wildman–Crippen MR) is 128 cm³/mol. The maximum absolute atomic E-state index is 6.13. The molecule has 4 N–H and O–H groups in total. The fourth-order valence-electron chi connectivity index (χ4n) is 2.23. The van der Waals surface area contributed by atoms with E-state index in [0.717, 1.165) is 5.69 Å². The average Bonchev–Trinajstić information content (AvgIpc) is 2.71. The molecule has 0 aliphatic heterocycles. The molecule has 2 aromatic carbocycles. The largest absolute Gasteiger partial charge is 0.387 e. The molecule has 0 radical (unpaired) electrons. The maximum Gasteiger partial charge on any atom is 0.106 e. The summed E-state index contributed by atoms with van der Waals surface area (Å²) < 4.78 is 0. The van der Waals surface area contributed by atoms with Gasteiger partial charge in [0.2, 0.25) is 0 Å². The number of halogens is 4. The van der Waals surface area contributed by atoms with Crippen molar-refractivity contribution in [3.05, 3.63) is 57.5 Å². The minimum atomic E-state index is -0.280. The number of amidine groups is 2. The zero-order valence-corrected chi connectivity index (χ0v) is 19.3. The van der Waals surface area contributed by atoms with E-state index >= 15 is 0 Å². The number of hydrogen-bond acceptors (Lipinski definition) is 4. The lowest BCUT2D eigenvalue weighted by Crippen LogP contribution is -2.27. The van der Waals surface area contributed by atoms with Crippen molar-refractivity contribution in [3.8, 4) is 0 Å². The van der Waals surface area contributed by atoms with Crippen LogP contribution in [0.2, 0.25) is 15.1 Å². The first-order valence-electron chi connectivity index (χ1n) is 9.08. The van der Waals surface area contributed by atoms with Crippen LogP contribution in [-0.2, 0) is 0 Å². The Labute approximate surface area is 196 Å². The Kier molecular flexibility index (Phi) is 9.85. The van der Waals surface area contributed by atoms with Gasteiger partial charge in [0.05, 0.1) is 35.4 Å². The van der Waals surface area contributed by atoms with Gasteiger partial charge in [-0.2, -0.15) is 10.2 Å². The van der Waals surface area contributed by atoms with Gasteiger partial charge in [-0.3, -0.25) is 0 Å². The number of aliphatic imine (C=N–C) groups is 2. The Morgan fingerprint density at radius 1 is 0.867 bits per heavy atom. The van der Waals surface area contributed by atoms with Crippen molar-refractivity contribution in [1.82, 2.24) is 0 Å². The van der Waals surface area contributed by atoms with Crippen LogP contribution in [0.15, 0.2) is 62.7 Å². The summed E-state index contributed by atoms with van der Waals surface area (Å²) in [4.78, 5) is 8.71. The second-order valence-electron chi connectivity index (χ2n) is 6.55. The molecule has 2 atom stereocenters. The Morgan fingerprint density at radius 2 is 1.50 bits per heavy atom. The molecular weight excluding hydrogens is 466 g/mol. The standard InChI is InChI=1S/C20H22Cl4N6/c1-12(19(25)29-16-5-2-14(22)3-6-16)10-27-28-11-13(9-21)20(26)30-18-7-4-15(23)8-17(18)24/h2-8,12-13H,9-11H2,1H3,(H2,25,29)(H2,26,30). The second kappa shape index (κ2) is 12.1. The smallest absolute Gasteiger partial charge is 0.106 e. The van der Waals surface area contributed by atoms with Gasteiger partial charge in [0.25, 0.3) is 0 Å². The fourth-order valence-corrected chi connectivity index (χ4v) is 3.06. The summed E-state index contributed by atoms with van der Waals surface area (Å²) in [6.45, 7) is 2.61. The summed E-state index contributed by atoms with van der Waals surface area (Å²) in [5.41, 5.74) is 13.4. The van der Waals surface area contributed by atoms with E-state index in [1.54, 1.807) is 42.5 Å². The molecule has 0 bridgehead atoms. The second-order valence-corrected chi connectivity index (χ2v) is 8.13. The van der Waals surface area contributed by atoms with Gasteiger partial charge >= 0.3 is 0 Å². The van der Waals surface area contributed by atoms with E-state index in [1.807, 2.05) is 6.92 Å². The Bertz CT molecular complexity index is 927. The maximum atomic E-state index is 6.13. The van der Waals surface area contributed by atoms with Crippen LogP contribution in [0.5, 0.6) is 0 Å². The quantitative estimate of drug-likeness (QED) is 0.188. The fraction of sp³-hybridized carbons (Fsp3) is 0.300. The van der Waals surface area contributed by atoms with Crippen LogP contribution < -0.4 is 11.5 Å². The number of hydrogen-bond donors (Lipinski definition) is 2. The molecule has 0 aromatic heterocycles. The van der Waals surface area contributed by atoms with Crippen LogP contribution in [0.4, 0.5) is 11.4 Å². The summed E-state index contributed by atoms with van der Waals surface area (Å²) in [5, 5.41) is 9.94. The molecule has 2 aromatic rings. The van der Waals surface area contributed by atoms with Gasteiger partial charge < -0.3 is 11.5 Å². The van der Waals surface area contributed by atoms with Crippen LogP contribution in [0.3, 0.4) is 0 Å². The first-order valence-corrected chi connectivity index (χ1v) is 10.7. The highest BCUT2D eigenvalue weighted by Gasteiger charge is 2.13. The van der Waals surface area contributed by atoms with E-state index in [0.29, 0.717) is 45.5 Å². The molecule has 0 saturated heterocycles. The van der Waals surface area contributed by atoms with Crippen molar-refractivity contribution in [2.75, 3.05) is 19.0 Å². The number of rotatable bonds is 9. The molecule has 30 heavy (non-hydrogen) atoms. The van der Waals surface area contributed by atoms with E-state index in [2.05, 4.69) is 20.2 Å². The molecule has 0 spiro atoms. The van der Waals surface area contributed by atoms with E-state index in [-0.39, 0.29) is 17.7 Å². The highest BCUT2D eigenvalue weighted by molar-refractivity contribution is 6.36. The third kappa shape index (κ3) is 7.76. The Morgan fingerprint density at radius 3 is 2.13 bits per heavy atom. The highest BCUT2D eigenvalue weighted by Crippen LogP contribution is 2.28. The van der Waals surface area contributed by atoms with Gasteiger partial charge in [0.1, 0.15) is 11.7 Å². The van der Waals surface area contributed by atoms with Crippen molar-refractivity contribution < 1.29 is 0 Å². The highest BCUT2D eigenvalue weighted by atomic mass is 35.5. The van der Waals surface area contributed by atoms with Gasteiger partial charge in [-0.25, -0.2) is 9.98 Å². The Hall–Kier alpha value is -1.86. The van der Waals surface area contributed by atoms with Crippen LogP contribution in [0.1, 0.15) is 6.92 Å². The number of benzene rings is 2. The molecule has 0 amide bonds. The van der Waals surface area contributed by atoms with Gasteiger partial charge in [-0.1, -0.05) is 41.7 Å². The summed E-state index contributed by atoms with van der Waals surface area (Å²) >= 11 is 23.9. The third-order valence-electron chi connectivity index (χ3n) is 4.11. The minimum Gasteiger partial charge on any atom is -0.387 e. The van der Waals surface area contributed by atoms with E-state index in [1.165, 1.54) is 0 Å². The van der Waals surface area contributed by atoms with Gasteiger partial charge in [0, 0.05) is 21.8 Å². The monoisotopic (exact) mass is 486 g/mol. The topological polar surface area (TPSA) is 101 Å². The zero-order valence-electron chi connectivity index (χ0n) is 16.3. The molecule has 0 saturated carbocycles. The van der Waals surface area contributed by atoms with E-state index in [9.17, 15) is 0 Å². The lowest BCUT2D eigenvalue weighted by atomic mass is 10.1. The summed E-state index contributed by atoms with van der Waals surface area (Å²) in [7, 11) is 0. The molecule has 6 nitrogen and oxygen atoms in total. The van der Waals surface area contributed by atoms with Crippen molar-refractivity contribution in [2.24, 2.45) is 43.5 Å². The molecule has 160 valence electrons. The SMILES string of the molecule is CC(CN=NCC(CCl)C(N)=Nc1ccc(Cl)cc1Cl)C(N)=Nc1ccc(Cl)cc1. The summed E-state index contributed by atoms with van der Waals surface area (Å²) in [6.07, 6.45) is 0. The molecule has 2 unspecified atom stereocenters. The Balaban J connectivity index is 1.93. The van der Waals surface area contributed by atoms with Gasteiger partial charge in [0.15, 0.2) is 0 Å². The van der Waals surface area contributed by atoms with Crippen molar-refractivity contribution in [2.45, 2.75) is 6.92 Å². The van der Waals surface area contributed by atoms with Crippen molar-refractivity contribution in [3.63, 3.8) is 0 Å². The molecule has 0 heterocycles. The number of alkyl halides is 1. The van der Waals surface area contributed by atoms with Gasteiger partial charge in [-0.05, 0) is 42.5 Å². The molecule has 0 fully saturated rings. The zero-order chi connectivity index (χ0) is 22.1. The van der Waals surface area contributed by atoms with Crippen LogP contribution in [0.25, 0.3) is 0 Å². The lowest BCUT2D eigenvalue weighted by molar-refractivity contribution is 0.686. The number of nitrogens with two attached hydrogens (primary N) is 2. The summed E-state index contributed by atoms with van der Waals surface area (Å²) in [5.74, 6) is 0.666. The van der Waals surface area contributed by atoms with Crippen LogP contribution in [0, 0.1) is 11.8 Å². The molecular formula is C20H22Cl4N6. The minimum absolute atomic E-state index is 0.0854. The molecule has 10 heteroatoms. The number of azo groups is 1. The molecule has 0 aliphatic carbocycles. The number of nitrogens with zero attached hydrogens (tertiary/aromatic N) is 4. The van der Waals surface area contributed by atoms with Crippen molar-refractivity contribution >= 4 is 69.4 Å². The van der Waals surface area contributed by atoms with Gasteiger partial charge in [-0.15, -0.1) is 11.6 Å². The van der Waals surface area contributed by atoms with Crippen LogP contribution >= 0.6 is 46.4 Å². The van der Waals surface area contributed by atoms with E-state index < -0.39 is 0 Å². The van der Waals surface area contributed by atoms with Crippen molar-refractivity contribution in [1.29, 1.82) is 0 Å². The first kappa shape index (κ1) is 24.4. The molecule has 2 rings (SSSR count). The summed E-state index contributed by atoms with van der Waals surface area (Å²) in [6, 6.07) is 12.1. The first-order chi connectivity index (χ1) is 14.3. The van der Waals surface area contributed by atoms with E-state index in [4.69, 9.17) is 57.9 Å². The third-order valence-corrected chi connectivity index (χ3v) is 5.27. The lowest BCUT2D eigenvalue weighted by Gasteiger charge is -2.11. The average molecular weight is 488 g/mol. The van der Waals surface area contributed by atoms with Crippen LogP contribution in [-0.4, -0.2) is 30.6 Å². The molecule has 0 aliphatic rings. The predicted octanol–water partition coefficient (Wildman–Crippen LogP) is 6.27.